The van der Waals surface area contributed by atoms with Crippen LogP contribution in [0.4, 0.5) is 0 Å². The summed E-state index contributed by atoms with van der Waals surface area (Å²) in [5, 5.41) is 20.0. The Balaban J connectivity index is 2.77. The van der Waals surface area contributed by atoms with Crippen LogP contribution in [0.2, 0.25) is 0 Å². The summed E-state index contributed by atoms with van der Waals surface area (Å²) < 4.78 is 0. The van der Waals surface area contributed by atoms with Gasteiger partial charge in [0.25, 0.3) is 0 Å². The molecule has 0 unspecified atom stereocenters. The van der Waals surface area contributed by atoms with Gasteiger partial charge in [-0.2, -0.15) is 0 Å². The number of phenols is 2. The van der Waals surface area contributed by atoms with Crippen LogP contribution in [-0.2, 0) is 0 Å². The van der Waals surface area contributed by atoms with Gasteiger partial charge < -0.3 is 10.2 Å². The summed E-state index contributed by atoms with van der Waals surface area (Å²) in [4.78, 5) is 0. The molecule has 0 spiro atoms. The van der Waals surface area contributed by atoms with Gasteiger partial charge in [0.2, 0.25) is 0 Å². The second-order valence-electron chi connectivity index (χ2n) is 4.37. The van der Waals surface area contributed by atoms with Gasteiger partial charge in [-0.25, -0.2) is 0 Å². The van der Waals surface area contributed by atoms with E-state index in [0.717, 1.165) is 22.3 Å². The molecule has 0 radical (unpaired) electrons. The zero-order chi connectivity index (χ0) is 12.6. The molecule has 0 bridgehead atoms. The van der Waals surface area contributed by atoms with E-state index in [1.165, 1.54) is 0 Å². The lowest BCUT2D eigenvalue weighted by molar-refractivity contribution is 0.451. The Kier molecular flexibility index (Phi) is 2.80. The summed E-state index contributed by atoms with van der Waals surface area (Å²) in [6, 6.07) is 9.18. The third-order valence-electron chi connectivity index (χ3n) is 3.23. The van der Waals surface area contributed by atoms with Crippen molar-refractivity contribution in [2.45, 2.75) is 20.8 Å². The van der Waals surface area contributed by atoms with E-state index < -0.39 is 0 Å². The number of phenolic OH excluding ortho intramolecular Hbond substituents is 2. The summed E-state index contributed by atoms with van der Waals surface area (Å²) in [7, 11) is 0. The Bertz CT molecular complexity index is 571. The SMILES string of the molecule is Cc1cccc(-c2c(O)ccc(C)c2O)c1C. The van der Waals surface area contributed by atoms with E-state index >= 15 is 0 Å². The predicted molar refractivity (Wildman–Crippen MR) is 69.4 cm³/mol. The molecule has 0 aromatic heterocycles. The fraction of sp³-hybridized carbons (Fsp3) is 0.200. The predicted octanol–water partition coefficient (Wildman–Crippen LogP) is 3.69. The molecule has 17 heavy (non-hydrogen) atoms. The Hall–Kier alpha value is -1.96. The number of hydrogen-bond acceptors (Lipinski definition) is 2. The van der Waals surface area contributed by atoms with Gasteiger partial charge in [-0.15, -0.1) is 0 Å². The number of benzene rings is 2. The van der Waals surface area contributed by atoms with E-state index in [4.69, 9.17) is 0 Å². The van der Waals surface area contributed by atoms with Gasteiger partial charge in [-0.1, -0.05) is 24.3 Å². The third kappa shape index (κ3) is 1.86. The zero-order valence-electron chi connectivity index (χ0n) is 10.3. The van der Waals surface area contributed by atoms with E-state index in [1.54, 1.807) is 12.1 Å². The molecular formula is C15H16O2. The summed E-state index contributed by atoms with van der Waals surface area (Å²) in [5.41, 5.74) is 4.38. The largest absolute Gasteiger partial charge is 0.507 e. The molecule has 0 aliphatic rings. The van der Waals surface area contributed by atoms with Gasteiger partial charge in [0, 0.05) is 0 Å². The second-order valence-corrected chi connectivity index (χ2v) is 4.37. The molecule has 2 heteroatoms. The molecule has 2 nitrogen and oxygen atoms in total. The maximum absolute atomic E-state index is 10.1. The highest BCUT2D eigenvalue weighted by Gasteiger charge is 2.14. The maximum atomic E-state index is 10.1. The number of aryl methyl sites for hydroxylation is 2. The van der Waals surface area contributed by atoms with Crippen LogP contribution in [0.25, 0.3) is 11.1 Å². The van der Waals surface area contributed by atoms with E-state index in [2.05, 4.69) is 0 Å². The lowest BCUT2D eigenvalue weighted by atomic mass is 9.94. The first kappa shape index (κ1) is 11.5. The maximum Gasteiger partial charge on any atom is 0.130 e. The normalized spacial score (nSPS) is 10.5. The lowest BCUT2D eigenvalue weighted by Gasteiger charge is -2.13. The number of aromatic hydroxyl groups is 2. The van der Waals surface area contributed by atoms with Crippen LogP contribution >= 0.6 is 0 Å². The van der Waals surface area contributed by atoms with Crippen molar-refractivity contribution >= 4 is 0 Å². The van der Waals surface area contributed by atoms with Crippen molar-refractivity contribution in [2.24, 2.45) is 0 Å². The summed E-state index contributed by atoms with van der Waals surface area (Å²) in [6.45, 7) is 5.83. The van der Waals surface area contributed by atoms with Crippen LogP contribution in [0, 0.1) is 20.8 Å². The second kappa shape index (κ2) is 4.13. The van der Waals surface area contributed by atoms with E-state index in [9.17, 15) is 10.2 Å². The van der Waals surface area contributed by atoms with E-state index in [-0.39, 0.29) is 11.5 Å². The Labute approximate surface area is 101 Å². The lowest BCUT2D eigenvalue weighted by Crippen LogP contribution is -1.89. The van der Waals surface area contributed by atoms with Gasteiger partial charge in [0.15, 0.2) is 0 Å². The van der Waals surface area contributed by atoms with Crippen molar-refractivity contribution in [3.63, 3.8) is 0 Å². The molecule has 2 N–H and O–H groups in total. The van der Waals surface area contributed by atoms with Crippen molar-refractivity contribution in [3.8, 4) is 22.6 Å². The molecule has 88 valence electrons. The number of hydrogen-bond donors (Lipinski definition) is 2. The monoisotopic (exact) mass is 228 g/mol. The molecule has 0 saturated heterocycles. The Morgan fingerprint density at radius 3 is 2.24 bits per heavy atom. The molecule has 0 aliphatic heterocycles. The van der Waals surface area contributed by atoms with Crippen molar-refractivity contribution in [2.75, 3.05) is 0 Å². The Morgan fingerprint density at radius 1 is 0.824 bits per heavy atom. The molecule has 2 aromatic rings. The minimum absolute atomic E-state index is 0.113. The number of rotatable bonds is 1. The molecular weight excluding hydrogens is 212 g/mol. The Morgan fingerprint density at radius 2 is 1.53 bits per heavy atom. The van der Waals surface area contributed by atoms with Gasteiger partial charge >= 0.3 is 0 Å². The summed E-state index contributed by atoms with van der Waals surface area (Å²) >= 11 is 0. The highest BCUT2D eigenvalue weighted by Crippen LogP contribution is 2.41. The van der Waals surface area contributed by atoms with Crippen LogP contribution in [0.5, 0.6) is 11.5 Å². The molecule has 2 rings (SSSR count). The first-order chi connectivity index (χ1) is 8.02. The van der Waals surface area contributed by atoms with Crippen LogP contribution in [-0.4, -0.2) is 10.2 Å². The van der Waals surface area contributed by atoms with Crippen LogP contribution in [0.1, 0.15) is 16.7 Å². The van der Waals surface area contributed by atoms with Gasteiger partial charge in [0.1, 0.15) is 11.5 Å². The van der Waals surface area contributed by atoms with E-state index in [1.807, 2.05) is 39.0 Å². The molecule has 0 amide bonds. The fourth-order valence-electron chi connectivity index (χ4n) is 1.97. The highest BCUT2D eigenvalue weighted by molar-refractivity contribution is 5.80. The highest BCUT2D eigenvalue weighted by atomic mass is 16.3. The van der Waals surface area contributed by atoms with Gasteiger partial charge in [-0.3, -0.25) is 0 Å². The zero-order valence-corrected chi connectivity index (χ0v) is 10.3. The molecule has 0 saturated carbocycles. The van der Waals surface area contributed by atoms with Crippen LogP contribution < -0.4 is 0 Å². The van der Waals surface area contributed by atoms with Crippen molar-refractivity contribution in [1.82, 2.24) is 0 Å². The van der Waals surface area contributed by atoms with Crippen LogP contribution in [0.3, 0.4) is 0 Å². The molecule has 0 fully saturated rings. The van der Waals surface area contributed by atoms with E-state index in [0.29, 0.717) is 5.56 Å². The minimum Gasteiger partial charge on any atom is -0.507 e. The standard InChI is InChI=1S/C15H16O2/c1-9-5-4-6-12(11(9)3)14-13(16)8-7-10(2)15(14)17/h4-8,16-17H,1-3H3. The first-order valence-corrected chi connectivity index (χ1v) is 5.60. The molecule has 2 aromatic carbocycles. The minimum atomic E-state index is 0.113. The molecule has 0 atom stereocenters. The smallest absolute Gasteiger partial charge is 0.130 e. The van der Waals surface area contributed by atoms with Gasteiger partial charge in [0.05, 0.1) is 5.56 Å². The average Bonchev–Trinajstić information content (AvgIpc) is 2.30. The topological polar surface area (TPSA) is 40.5 Å². The van der Waals surface area contributed by atoms with Crippen molar-refractivity contribution in [3.05, 3.63) is 47.0 Å². The molecule has 0 aliphatic carbocycles. The summed E-state index contributed by atoms with van der Waals surface area (Å²) in [5.74, 6) is 0.264. The van der Waals surface area contributed by atoms with Gasteiger partial charge in [-0.05, 0) is 49.1 Å². The molecule has 0 heterocycles. The summed E-state index contributed by atoms with van der Waals surface area (Å²) in [6.07, 6.45) is 0. The fourth-order valence-corrected chi connectivity index (χ4v) is 1.97. The van der Waals surface area contributed by atoms with Crippen LogP contribution in [0.15, 0.2) is 30.3 Å². The first-order valence-electron chi connectivity index (χ1n) is 5.60. The van der Waals surface area contributed by atoms with Crippen molar-refractivity contribution in [1.29, 1.82) is 0 Å². The average molecular weight is 228 g/mol. The van der Waals surface area contributed by atoms with Crippen molar-refractivity contribution < 1.29 is 10.2 Å². The quantitative estimate of drug-likeness (QED) is 0.781. The third-order valence-corrected chi connectivity index (χ3v) is 3.23.